The van der Waals surface area contributed by atoms with Crippen molar-refractivity contribution in [2.45, 2.75) is 6.54 Å². The Labute approximate surface area is 127 Å². The van der Waals surface area contributed by atoms with E-state index < -0.39 is 0 Å². The van der Waals surface area contributed by atoms with Gasteiger partial charge < -0.3 is 10.1 Å². The third-order valence-corrected chi connectivity index (χ3v) is 2.85. The molecule has 0 aliphatic rings. The standard InChI is InChI=1S/C16H14N4O2/c21-15(12-20-10-4-8-18-20)19-13-7-9-17-16(11-13)22-14-5-2-1-3-6-14/h1-11H,12H2,(H,17,19,21). The van der Waals surface area contributed by atoms with E-state index >= 15 is 0 Å². The highest BCUT2D eigenvalue weighted by atomic mass is 16.5. The monoisotopic (exact) mass is 294 g/mol. The van der Waals surface area contributed by atoms with E-state index in [1.165, 1.54) is 0 Å². The third-order valence-electron chi connectivity index (χ3n) is 2.85. The molecule has 1 N–H and O–H groups in total. The number of anilines is 1. The second-order valence-electron chi connectivity index (χ2n) is 4.55. The van der Waals surface area contributed by atoms with E-state index in [0.717, 1.165) is 0 Å². The van der Waals surface area contributed by atoms with Gasteiger partial charge in [-0.2, -0.15) is 5.10 Å². The third kappa shape index (κ3) is 3.69. The maximum Gasteiger partial charge on any atom is 0.246 e. The molecule has 0 unspecified atom stereocenters. The summed E-state index contributed by atoms with van der Waals surface area (Å²) in [6, 6.07) is 14.5. The van der Waals surface area contributed by atoms with E-state index in [9.17, 15) is 4.79 Å². The molecule has 3 aromatic rings. The zero-order valence-electron chi connectivity index (χ0n) is 11.7. The predicted octanol–water partition coefficient (Wildman–Crippen LogP) is 2.71. The van der Waals surface area contributed by atoms with Gasteiger partial charge in [-0.15, -0.1) is 0 Å². The van der Waals surface area contributed by atoms with Crippen molar-refractivity contribution in [2.75, 3.05) is 5.32 Å². The molecule has 6 nitrogen and oxygen atoms in total. The first-order valence-electron chi connectivity index (χ1n) is 6.76. The SMILES string of the molecule is O=C(Cn1cccn1)Nc1ccnc(Oc2ccccc2)c1. The normalized spacial score (nSPS) is 10.2. The molecule has 0 aliphatic heterocycles. The van der Waals surface area contributed by atoms with Gasteiger partial charge >= 0.3 is 0 Å². The molecule has 2 aromatic heterocycles. The lowest BCUT2D eigenvalue weighted by Crippen LogP contribution is -2.19. The number of nitrogens with one attached hydrogen (secondary N) is 1. The average Bonchev–Trinajstić information content (AvgIpc) is 3.01. The van der Waals surface area contributed by atoms with Crippen LogP contribution in [-0.2, 0) is 11.3 Å². The Kier molecular flexibility index (Phi) is 4.10. The van der Waals surface area contributed by atoms with E-state index in [1.807, 2.05) is 30.3 Å². The summed E-state index contributed by atoms with van der Waals surface area (Å²) in [6.07, 6.45) is 4.95. The van der Waals surface area contributed by atoms with Crippen LogP contribution in [0.2, 0.25) is 0 Å². The predicted molar refractivity (Wildman–Crippen MR) is 81.6 cm³/mol. The molecule has 0 radical (unpaired) electrons. The second kappa shape index (κ2) is 6.53. The summed E-state index contributed by atoms with van der Waals surface area (Å²) in [4.78, 5) is 16.0. The molecule has 2 heterocycles. The van der Waals surface area contributed by atoms with Crippen LogP contribution in [0.15, 0.2) is 67.1 Å². The fourth-order valence-corrected chi connectivity index (χ4v) is 1.89. The quantitative estimate of drug-likeness (QED) is 0.785. The second-order valence-corrected chi connectivity index (χ2v) is 4.55. The van der Waals surface area contributed by atoms with Crippen LogP contribution >= 0.6 is 0 Å². The van der Waals surface area contributed by atoms with Gasteiger partial charge in [0.05, 0.1) is 0 Å². The molecule has 1 aromatic carbocycles. The smallest absolute Gasteiger partial charge is 0.246 e. The highest BCUT2D eigenvalue weighted by Crippen LogP contribution is 2.21. The van der Waals surface area contributed by atoms with Gasteiger partial charge in [0.1, 0.15) is 12.3 Å². The van der Waals surface area contributed by atoms with E-state index in [0.29, 0.717) is 17.3 Å². The molecule has 3 rings (SSSR count). The number of carbonyl (C=O) groups excluding carboxylic acids is 1. The number of nitrogens with zero attached hydrogens (tertiary/aromatic N) is 3. The molecule has 0 atom stereocenters. The zero-order valence-corrected chi connectivity index (χ0v) is 11.7. The molecule has 0 aliphatic carbocycles. The van der Waals surface area contributed by atoms with Crippen molar-refractivity contribution in [3.8, 4) is 11.6 Å². The van der Waals surface area contributed by atoms with Crippen LogP contribution in [0.4, 0.5) is 5.69 Å². The minimum Gasteiger partial charge on any atom is -0.439 e. The minimum atomic E-state index is -0.166. The number of ether oxygens (including phenoxy) is 1. The number of hydrogen-bond donors (Lipinski definition) is 1. The lowest BCUT2D eigenvalue weighted by molar-refractivity contribution is -0.116. The van der Waals surface area contributed by atoms with Crippen molar-refractivity contribution >= 4 is 11.6 Å². The van der Waals surface area contributed by atoms with Crippen molar-refractivity contribution in [3.05, 3.63) is 67.1 Å². The molecule has 22 heavy (non-hydrogen) atoms. The largest absolute Gasteiger partial charge is 0.439 e. The minimum absolute atomic E-state index is 0.157. The van der Waals surface area contributed by atoms with E-state index in [2.05, 4.69) is 15.4 Å². The van der Waals surface area contributed by atoms with Crippen LogP contribution in [0, 0.1) is 0 Å². The Balaban J connectivity index is 1.65. The van der Waals surface area contributed by atoms with Gasteiger partial charge in [0.2, 0.25) is 11.8 Å². The number of carbonyl (C=O) groups is 1. The van der Waals surface area contributed by atoms with Crippen molar-refractivity contribution in [2.24, 2.45) is 0 Å². The molecule has 0 spiro atoms. The summed E-state index contributed by atoms with van der Waals surface area (Å²) in [6.45, 7) is 0.157. The summed E-state index contributed by atoms with van der Waals surface area (Å²) in [5.74, 6) is 0.943. The Bertz CT molecular complexity index is 742. The van der Waals surface area contributed by atoms with Crippen LogP contribution in [0.25, 0.3) is 0 Å². The number of amides is 1. The number of hydrogen-bond acceptors (Lipinski definition) is 4. The van der Waals surface area contributed by atoms with Gasteiger partial charge in [0.25, 0.3) is 0 Å². The van der Waals surface area contributed by atoms with Gasteiger partial charge in [-0.3, -0.25) is 9.48 Å². The average molecular weight is 294 g/mol. The number of benzene rings is 1. The van der Waals surface area contributed by atoms with E-state index in [1.54, 1.807) is 41.5 Å². The van der Waals surface area contributed by atoms with E-state index in [4.69, 9.17) is 4.74 Å². The number of aromatic nitrogens is 3. The number of para-hydroxylation sites is 1. The van der Waals surface area contributed by atoms with Crippen LogP contribution in [0.1, 0.15) is 0 Å². The Morgan fingerprint density at radius 3 is 2.77 bits per heavy atom. The zero-order chi connectivity index (χ0) is 15.2. The van der Waals surface area contributed by atoms with Crippen molar-refractivity contribution < 1.29 is 9.53 Å². The number of rotatable bonds is 5. The Hall–Kier alpha value is -3.15. The molecule has 1 amide bonds. The fraction of sp³-hybridized carbons (Fsp3) is 0.0625. The highest BCUT2D eigenvalue weighted by molar-refractivity contribution is 5.90. The lowest BCUT2D eigenvalue weighted by Gasteiger charge is -2.08. The van der Waals surface area contributed by atoms with E-state index in [-0.39, 0.29) is 12.5 Å². The van der Waals surface area contributed by atoms with Gasteiger partial charge in [-0.1, -0.05) is 18.2 Å². The van der Waals surface area contributed by atoms with Crippen molar-refractivity contribution in [1.29, 1.82) is 0 Å². The maximum atomic E-state index is 11.9. The molecule has 0 saturated carbocycles. The lowest BCUT2D eigenvalue weighted by atomic mass is 10.3. The van der Waals surface area contributed by atoms with Gasteiger partial charge in [0.15, 0.2) is 0 Å². The highest BCUT2D eigenvalue weighted by Gasteiger charge is 2.05. The summed E-state index contributed by atoms with van der Waals surface area (Å²) < 4.78 is 7.18. The van der Waals surface area contributed by atoms with Crippen LogP contribution in [0.3, 0.4) is 0 Å². The molecule has 6 heteroatoms. The fourth-order valence-electron chi connectivity index (χ4n) is 1.89. The topological polar surface area (TPSA) is 69.0 Å². The summed E-state index contributed by atoms with van der Waals surface area (Å²) in [5, 5.41) is 6.78. The first kappa shape index (κ1) is 13.8. The molecule has 0 fully saturated rings. The first-order valence-corrected chi connectivity index (χ1v) is 6.76. The molecule has 110 valence electrons. The summed E-state index contributed by atoms with van der Waals surface area (Å²) in [5.41, 5.74) is 0.623. The first-order chi connectivity index (χ1) is 10.8. The van der Waals surface area contributed by atoms with Crippen LogP contribution < -0.4 is 10.1 Å². The van der Waals surface area contributed by atoms with Crippen molar-refractivity contribution in [1.82, 2.24) is 14.8 Å². The molecular formula is C16H14N4O2. The molecule has 0 bridgehead atoms. The van der Waals surface area contributed by atoms with Gasteiger partial charge in [0, 0.05) is 30.3 Å². The van der Waals surface area contributed by atoms with Gasteiger partial charge in [-0.05, 0) is 24.3 Å². The van der Waals surface area contributed by atoms with Crippen LogP contribution in [0.5, 0.6) is 11.6 Å². The molecular weight excluding hydrogens is 280 g/mol. The summed E-state index contributed by atoms with van der Waals surface area (Å²) >= 11 is 0. The van der Waals surface area contributed by atoms with Crippen LogP contribution in [-0.4, -0.2) is 20.7 Å². The maximum absolute atomic E-state index is 11.9. The summed E-state index contributed by atoms with van der Waals surface area (Å²) in [7, 11) is 0. The Morgan fingerprint density at radius 1 is 1.14 bits per heavy atom. The molecule has 0 saturated heterocycles. The van der Waals surface area contributed by atoms with Crippen molar-refractivity contribution in [3.63, 3.8) is 0 Å². The van der Waals surface area contributed by atoms with Gasteiger partial charge in [-0.25, -0.2) is 4.98 Å². The Morgan fingerprint density at radius 2 is 2.00 bits per heavy atom. The number of pyridine rings is 1.